The van der Waals surface area contributed by atoms with Crippen molar-refractivity contribution in [1.82, 2.24) is 4.90 Å². The van der Waals surface area contributed by atoms with Crippen LogP contribution >= 0.6 is 0 Å². The van der Waals surface area contributed by atoms with Gasteiger partial charge >= 0.3 is 12.1 Å². The van der Waals surface area contributed by atoms with Gasteiger partial charge in [-0.3, -0.25) is 4.79 Å². The maximum absolute atomic E-state index is 12.8. The van der Waals surface area contributed by atoms with Gasteiger partial charge in [-0.15, -0.1) is 0 Å². The number of furan rings is 1. The molecule has 22 heavy (non-hydrogen) atoms. The Balaban J connectivity index is 2.77. The van der Waals surface area contributed by atoms with E-state index in [4.69, 9.17) is 9.52 Å². The number of hydrogen-bond donors (Lipinski definition) is 1. The highest BCUT2D eigenvalue weighted by atomic mass is 19.4. The lowest BCUT2D eigenvalue weighted by Gasteiger charge is -2.28. The molecule has 1 N–H and O–H groups in total. The number of aromatic carboxylic acids is 1. The third-order valence-electron chi connectivity index (χ3n) is 3.38. The van der Waals surface area contributed by atoms with Crippen molar-refractivity contribution >= 4 is 11.9 Å². The minimum atomic E-state index is -4.48. The van der Waals surface area contributed by atoms with Crippen molar-refractivity contribution in [2.24, 2.45) is 5.41 Å². The summed E-state index contributed by atoms with van der Waals surface area (Å²) in [5.41, 5.74) is -2.17. The quantitative estimate of drug-likeness (QED) is 0.904. The summed E-state index contributed by atoms with van der Waals surface area (Å²) in [6, 6.07) is 1.26. The van der Waals surface area contributed by atoms with Crippen molar-refractivity contribution in [2.45, 2.75) is 39.9 Å². The average molecular weight is 321 g/mol. The highest BCUT2D eigenvalue weighted by molar-refractivity contribution is 5.88. The zero-order valence-electron chi connectivity index (χ0n) is 12.7. The van der Waals surface area contributed by atoms with Crippen molar-refractivity contribution in [1.29, 1.82) is 0 Å². The van der Waals surface area contributed by atoms with Crippen LogP contribution in [0.3, 0.4) is 0 Å². The van der Waals surface area contributed by atoms with Crippen molar-refractivity contribution in [3.05, 3.63) is 23.2 Å². The summed E-state index contributed by atoms with van der Waals surface area (Å²) in [6.45, 7) is 3.28. The number of carboxylic acids is 1. The van der Waals surface area contributed by atoms with Crippen LogP contribution < -0.4 is 0 Å². The Kier molecular flexibility index (Phi) is 4.94. The standard InChI is InChI=1S/C14H18F3NO4/c1-8-10(12(20)21)5-9(22-8)7-18(4)11(19)6-13(2,3)14(15,16)17/h5H,6-7H2,1-4H3,(H,20,21). The Hall–Kier alpha value is -1.99. The van der Waals surface area contributed by atoms with E-state index in [0.29, 0.717) is 0 Å². The van der Waals surface area contributed by atoms with E-state index in [1.54, 1.807) is 0 Å². The van der Waals surface area contributed by atoms with Gasteiger partial charge in [-0.05, 0) is 13.0 Å². The topological polar surface area (TPSA) is 70.8 Å². The van der Waals surface area contributed by atoms with Crippen LogP contribution in [0.4, 0.5) is 13.2 Å². The SMILES string of the molecule is Cc1oc(CN(C)C(=O)CC(C)(C)C(F)(F)F)cc1C(=O)O. The first-order valence-electron chi connectivity index (χ1n) is 6.48. The monoisotopic (exact) mass is 321 g/mol. The van der Waals surface area contributed by atoms with Crippen LogP contribution in [0.5, 0.6) is 0 Å². The van der Waals surface area contributed by atoms with Gasteiger partial charge in [0.2, 0.25) is 5.91 Å². The fourth-order valence-electron chi connectivity index (χ4n) is 1.77. The minimum absolute atomic E-state index is 0.0357. The Morgan fingerprint density at radius 1 is 1.32 bits per heavy atom. The van der Waals surface area contributed by atoms with Crippen molar-refractivity contribution in [3.8, 4) is 0 Å². The van der Waals surface area contributed by atoms with E-state index in [-0.39, 0.29) is 23.6 Å². The maximum atomic E-state index is 12.8. The van der Waals surface area contributed by atoms with Crippen LogP contribution in [0, 0.1) is 12.3 Å². The second-order valence-corrected chi connectivity index (χ2v) is 5.80. The molecule has 0 saturated heterocycles. The van der Waals surface area contributed by atoms with E-state index >= 15 is 0 Å². The lowest BCUT2D eigenvalue weighted by Crippen LogP contribution is -2.38. The number of rotatable bonds is 5. The third kappa shape index (κ3) is 4.02. The highest BCUT2D eigenvalue weighted by Gasteiger charge is 2.48. The molecule has 0 radical (unpaired) electrons. The van der Waals surface area contributed by atoms with Gasteiger partial charge in [-0.1, -0.05) is 13.8 Å². The Labute approximate surface area is 125 Å². The second kappa shape index (κ2) is 6.02. The number of halogens is 3. The fourth-order valence-corrected chi connectivity index (χ4v) is 1.77. The smallest absolute Gasteiger partial charge is 0.394 e. The van der Waals surface area contributed by atoms with Crippen LogP contribution in [0.2, 0.25) is 0 Å². The van der Waals surface area contributed by atoms with Crippen LogP contribution in [0.1, 0.15) is 42.1 Å². The number of alkyl halides is 3. The number of carbonyl (C=O) groups excluding carboxylic acids is 1. The molecule has 0 aliphatic carbocycles. The van der Waals surface area contributed by atoms with E-state index in [0.717, 1.165) is 18.7 Å². The Morgan fingerprint density at radius 3 is 2.27 bits per heavy atom. The van der Waals surface area contributed by atoms with Gasteiger partial charge in [0.05, 0.1) is 12.0 Å². The van der Waals surface area contributed by atoms with E-state index in [2.05, 4.69) is 0 Å². The van der Waals surface area contributed by atoms with Crippen molar-refractivity contribution < 1.29 is 32.3 Å². The summed E-state index contributed by atoms with van der Waals surface area (Å²) in [6.07, 6.45) is -5.18. The number of aryl methyl sites for hydroxylation is 1. The zero-order chi connectivity index (χ0) is 17.3. The molecule has 0 aliphatic rings. The summed E-state index contributed by atoms with van der Waals surface area (Å²) < 4.78 is 43.5. The predicted octanol–water partition coefficient (Wildman–Crippen LogP) is 3.22. The molecule has 5 nitrogen and oxygen atoms in total. The summed E-state index contributed by atoms with van der Waals surface area (Å²) >= 11 is 0. The molecule has 8 heteroatoms. The first-order valence-corrected chi connectivity index (χ1v) is 6.48. The van der Waals surface area contributed by atoms with Gasteiger partial charge in [0.15, 0.2) is 0 Å². The normalized spacial score (nSPS) is 12.3. The number of nitrogens with zero attached hydrogens (tertiary/aromatic N) is 1. The van der Waals surface area contributed by atoms with Crippen LogP contribution in [0.15, 0.2) is 10.5 Å². The first-order chi connectivity index (χ1) is 9.85. The van der Waals surface area contributed by atoms with E-state index < -0.39 is 29.9 Å². The number of amides is 1. The van der Waals surface area contributed by atoms with Crippen molar-refractivity contribution in [3.63, 3.8) is 0 Å². The van der Waals surface area contributed by atoms with Crippen LogP contribution in [-0.4, -0.2) is 35.1 Å². The van der Waals surface area contributed by atoms with Crippen LogP contribution in [0.25, 0.3) is 0 Å². The fraction of sp³-hybridized carbons (Fsp3) is 0.571. The number of hydrogen-bond acceptors (Lipinski definition) is 3. The molecule has 1 aromatic rings. The van der Waals surface area contributed by atoms with E-state index in [1.165, 1.54) is 20.0 Å². The van der Waals surface area contributed by atoms with E-state index in [9.17, 15) is 22.8 Å². The third-order valence-corrected chi connectivity index (χ3v) is 3.38. The molecular formula is C14H18F3NO4. The van der Waals surface area contributed by atoms with E-state index in [1.807, 2.05) is 0 Å². The summed E-state index contributed by atoms with van der Waals surface area (Å²) in [5, 5.41) is 8.90. The van der Waals surface area contributed by atoms with Gasteiger partial charge in [-0.25, -0.2) is 4.79 Å². The molecule has 0 aromatic carbocycles. The molecule has 0 fully saturated rings. The Morgan fingerprint density at radius 2 is 1.86 bits per heavy atom. The lowest BCUT2D eigenvalue weighted by atomic mass is 9.88. The minimum Gasteiger partial charge on any atom is -0.478 e. The van der Waals surface area contributed by atoms with Crippen molar-refractivity contribution in [2.75, 3.05) is 7.05 Å². The maximum Gasteiger partial charge on any atom is 0.394 e. The molecule has 0 unspecified atom stereocenters. The molecule has 0 aliphatic heterocycles. The molecule has 0 spiro atoms. The number of carboxylic acid groups (broad SMARTS) is 1. The van der Waals surface area contributed by atoms with Gasteiger partial charge in [0.1, 0.15) is 17.1 Å². The zero-order valence-corrected chi connectivity index (χ0v) is 12.7. The molecule has 1 rings (SSSR count). The molecule has 0 bridgehead atoms. The molecular weight excluding hydrogens is 303 g/mol. The summed E-state index contributed by atoms with van der Waals surface area (Å²) in [5.74, 6) is -1.48. The molecule has 124 valence electrons. The van der Waals surface area contributed by atoms with Gasteiger partial charge in [0.25, 0.3) is 0 Å². The highest BCUT2D eigenvalue weighted by Crippen LogP contribution is 2.40. The first kappa shape index (κ1) is 18.1. The van der Waals surface area contributed by atoms with Gasteiger partial charge in [0, 0.05) is 13.5 Å². The largest absolute Gasteiger partial charge is 0.478 e. The molecule has 1 heterocycles. The van der Waals surface area contributed by atoms with Crippen LogP contribution in [-0.2, 0) is 11.3 Å². The average Bonchev–Trinajstić information content (AvgIpc) is 2.68. The lowest BCUT2D eigenvalue weighted by molar-refractivity contribution is -0.215. The predicted molar refractivity (Wildman–Crippen MR) is 71.3 cm³/mol. The number of carbonyl (C=O) groups is 2. The molecule has 1 amide bonds. The molecule has 0 atom stereocenters. The summed E-state index contributed by atoms with van der Waals surface area (Å²) in [7, 11) is 1.34. The second-order valence-electron chi connectivity index (χ2n) is 5.80. The molecule has 0 saturated carbocycles. The Bertz CT molecular complexity index is 575. The van der Waals surface area contributed by atoms with Gasteiger partial charge < -0.3 is 14.4 Å². The van der Waals surface area contributed by atoms with Gasteiger partial charge in [-0.2, -0.15) is 13.2 Å². The molecule has 1 aromatic heterocycles. The summed E-state index contributed by atoms with van der Waals surface area (Å²) in [4.78, 5) is 23.9.